The van der Waals surface area contributed by atoms with Crippen LogP contribution in [0.4, 0.5) is 5.69 Å². The van der Waals surface area contributed by atoms with Gasteiger partial charge < -0.3 is 12.6 Å². The highest BCUT2D eigenvalue weighted by Gasteiger charge is 2.16. The SMILES string of the molecule is COC1=CCC(N(I)c2ccc(OC)cc2)C=C1. The molecule has 4 heteroatoms. The Morgan fingerprint density at radius 3 is 2.39 bits per heavy atom. The maximum atomic E-state index is 5.19. The molecular weight excluding hydrogens is 341 g/mol. The normalized spacial score (nSPS) is 18.2. The van der Waals surface area contributed by atoms with E-state index in [0.29, 0.717) is 6.04 Å². The fourth-order valence-corrected chi connectivity index (χ4v) is 2.56. The number of hydrogen-bond donors (Lipinski definition) is 0. The zero-order valence-electron chi connectivity index (χ0n) is 10.5. The molecule has 18 heavy (non-hydrogen) atoms. The molecule has 0 saturated heterocycles. The zero-order valence-corrected chi connectivity index (χ0v) is 12.6. The van der Waals surface area contributed by atoms with Gasteiger partial charge in [-0.15, -0.1) is 0 Å². The molecule has 0 aliphatic heterocycles. The smallest absolute Gasteiger partial charge is 0.119 e. The highest BCUT2D eigenvalue weighted by molar-refractivity contribution is 14.1. The van der Waals surface area contributed by atoms with E-state index in [4.69, 9.17) is 9.47 Å². The molecule has 0 amide bonds. The highest BCUT2D eigenvalue weighted by atomic mass is 127. The average Bonchev–Trinajstić information content (AvgIpc) is 2.47. The molecule has 96 valence electrons. The van der Waals surface area contributed by atoms with Crippen LogP contribution in [-0.2, 0) is 4.74 Å². The standard InChI is InChI=1S/C14H16INO2/c1-17-13-7-3-11(4-8-13)16(15)12-5-9-14(18-2)10-6-12/h3-5,7-10,12H,6H2,1-2H3. The Morgan fingerprint density at radius 1 is 1.17 bits per heavy atom. The second-order valence-electron chi connectivity index (χ2n) is 3.98. The first-order valence-corrected chi connectivity index (χ1v) is 6.72. The number of hydrogen-bond acceptors (Lipinski definition) is 3. The predicted molar refractivity (Wildman–Crippen MR) is 82.1 cm³/mol. The number of benzene rings is 1. The van der Waals surface area contributed by atoms with E-state index in [2.05, 4.69) is 50.3 Å². The summed E-state index contributed by atoms with van der Waals surface area (Å²) in [6.45, 7) is 0. The second-order valence-corrected chi connectivity index (χ2v) is 5.02. The molecule has 0 radical (unpaired) electrons. The topological polar surface area (TPSA) is 21.7 Å². The van der Waals surface area contributed by atoms with E-state index in [1.54, 1.807) is 14.2 Å². The van der Waals surface area contributed by atoms with Gasteiger partial charge in [0.2, 0.25) is 0 Å². The molecule has 0 fully saturated rings. The summed E-state index contributed by atoms with van der Waals surface area (Å²) in [7, 11) is 3.37. The maximum absolute atomic E-state index is 5.19. The van der Waals surface area contributed by atoms with Crippen LogP contribution in [0.5, 0.6) is 5.75 Å². The van der Waals surface area contributed by atoms with Crippen LogP contribution in [0, 0.1) is 0 Å². The largest absolute Gasteiger partial charge is 0.497 e. The molecule has 2 rings (SSSR count). The van der Waals surface area contributed by atoms with Crippen molar-refractivity contribution in [3.05, 3.63) is 48.3 Å². The van der Waals surface area contributed by atoms with E-state index in [-0.39, 0.29) is 0 Å². The highest BCUT2D eigenvalue weighted by Crippen LogP contribution is 2.28. The van der Waals surface area contributed by atoms with Gasteiger partial charge in [-0.3, -0.25) is 0 Å². The van der Waals surface area contributed by atoms with Crippen molar-refractivity contribution < 1.29 is 9.47 Å². The molecule has 0 saturated carbocycles. The average molecular weight is 357 g/mol. The summed E-state index contributed by atoms with van der Waals surface area (Å²) >= 11 is 2.34. The summed E-state index contributed by atoms with van der Waals surface area (Å²) in [6.07, 6.45) is 7.24. The number of allylic oxidation sites excluding steroid dienone is 1. The second kappa shape index (κ2) is 6.13. The first kappa shape index (κ1) is 13.3. The van der Waals surface area contributed by atoms with Crippen molar-refractivity contribution in [1.82, 2.24) is 0 Å². The van der Waals surface area contributed by atoms with E-state index in [1.165, 1.54) is 5.69 Å². The first-order chi connectivity index (χ1) is 8.74. The number of halogens is 1. The van der Waals surface area contributed by atoms with Gasteiger partial charge in [0.25, 0.3) is 0 Å². The Hall–Kier alpha value is -1.17. The molecule has 1 aromatic rings. The number of nitrogens with zero attached hydrogens (tertiary/aromatic N) is 1. The fourth-order valence-electron chi connectivity index (χ4n) is 1.83. The minimum absolute atomic E-state index is 0.359. The van der Waals surface area contributed by atoms with Gasteiger partial charge in [0.1, 0.15) is 11.5 Å². The Morgan fingerprint density at radius 2 is 1.89 bits per heavy atom. The van der Waals surface area contributed by atoms with Gasteiger partial charge in [-0.1, -0.05) is 6.08 Å². The van der Waals surface area contributed by atoms with Gasteiger partial charge in [0.05, 0.1) is 43.1 Å². The predicted octanol–water partition coefficient (Wildman–Crippen LogP) is 3.71. The van der Waals surface area contributed by atoms with Crippen molar-refractivity contribution in [2.45, 2.75) is 12.5 Å². The maximum Gasteiger partial charge on any atom is 0.119 e. The van der Waals surface area contributed by atoms with Crippen LogP contribution in [0.15, 0.2) is 48.3 Å². The lowest BCUT2D eigenvalue weighted by Crippen LogP contribution is -2.25. The Balaban J connectivity index is 2.05. The quantitative estimate of drug-likeness (QED) is 0.606. The zero-order chi connectivity index (χ0) is 13.0. The minimum atomic E-state index is 0.359. The summed E-state index contributed by atoms with van der Waals surface area (Å²) in [5.74, 6) is 1.81. The molecule has 1 aromatic carbocycles. The molecule has 0 spiro atoms. The van der Waals surface area contributed by atoms with Crippen molar-refractivity contribution in [2.24, 2.45) is 0 Å². The number of ether oxygens (including phenoxy) is 2. The van der Waals surface area contributed by atoms with Crippen LogP contribution >= 0.6 is 22.9 Å². The van der Waals surface area contributed by atoms with Crippen LogP contribution in [-0.4, -0.2) is 20.3 Å². The summed E-state index contributed by atoms with van der Waals surface area (Å²) in [4.78, 5) is 0. The van der Waals surface area contributed by atoms with Gasteiger partial charge in [-0.25, -0.2) is 0 Å². The molecule has 0 aromatic heterocycles. The molecule has 1 aliphatic rings. The van der Waals surface area contributed by atoms with E-state index in [0.717, 1.165) is 17.9 Å². The Labute approximate surface area is 122 Å². The molecular formula is C14H16INO2. The van der Waals surface area contributed by atoms with Gasteiger partial charge in [0, 0.05) is 5.69 Å². The van der Waals surface area contributed by atoms with Crippen LogP contribution in [0.1, 0.15) is 6.42 Å². The fraction of sp³-hybridized carbons (Fsp3) is 0.286. The van der Waals surface area contributed by atoms with Gasteiger partial charge >= 0.3 is 0 Å². The summed E-state index contributed by atoms with van der Waals surface area (Å²) in [5, 5.41) is 0. The van der Waals surface area contributed by atoms with Crippen molar-refractivity contribution in [3.63, 3.8) is 0 Å². The lowest BCUT2D eigenvalue weighted by atomic mass is 10.1. The number of anilines is 1. The van der Waals surface area contributed by atoms with Crippen LogP contribution in [0.25, 0.3) is 0 Å². The van der Waals surface area contributed by atoms with Crippen molar-refractivity contribution in [1.29, 1.82) is 0 Å². The summed E-state index contributed by atoms with van der Waals surface area (Å²) in [6, 6.07) is 8.44. The van der Waals surface area contributed by atoms with Gasteiger partial charge in [-0.2, -0.15) is 0 Å². The molecule has 1 aliphatic carbocycles. The Kier molecular flexibility index (Phi) is 4.52. The molecule has 1 unspecified atom stereocenters. The van der Waals surface area contributed by atoms with E-state index in [1.807, 2.05) is 18.2 Å². The van der Waals surface area contributed by atoms with Crippen LogP contribution < -0.4 is 7.85 Å². The number of methoxy groups -OCH3 is 2. The summed E-state index contributed by atoms with van der Waals surface area (Å²) < 4.78 is 12.6. The molecule has 0 bridgehead atoms. The summed E-state index contributed by atoms with van der Waals surface area (Å²) in [5.41, 5.74) is 1.17. The monoisotopic (exact) mass is 357 g/mol. The molecule has 0 heterocycles. The lowest BCUT2D eigenvalue weighted by molar-refractivity contribution is 0.303. The lowest BCUT2D eigenvalue weighted by Gasteiger charge is -2.26. The number of rotatable bonds is 4. The van der Waals surface area contributed by atoms with Gasteiger partial charge in [-0.05, 0) is 42.8 Å². The Bertz CT molecular complexity index is 453. The van der Waals surface area contributed by atoms with Crippen molar-refractivity contribution in [2.75, 3.05) is 17.3 Å². The van der Waals surface area contributed by atoms with E-state index >= 15 is 0 Å². The van der Waals surface area contributed by atoms with Crippen LogP contribution in [0.2, 0.25) is 0 Å². The molecule has 3 nitrogen and oxygen atoms in total. The van der Waals surface area contributed by atoms with E-state index in [9.17, 15) is 0 Å². The van der Waals surface area contributed by atoms with Crippen molar-refractivity contribution in [3.8, 4) is 5.75 Å². The van der Waals surface area contributed by atoms with Crippen molar-refractivity contribution >= 4 is 28.6 Å². The third kappa shape index (κ3) is 2.98. The van der Waals surface area contributed by atoms with E-state index < -0.39 is 0 Å². The minimum Gasteiger partial charge on any atom is -0.497 e. The third-order valence-corrected chi connectivity index (χ3v) is 4.16. The van der Waals surface area contributed by atoms with Crippen LogP contribution in [0.3, 0.4) is 0 Å². The van der Waals surface area contributed by atoms with Gasteiger partial charge in [0.15, 0.2) is 0 Å². The third-order valence-electron chi connectivity index (χ3n) is 2.89. The first-order valence-electron chi connectivity index (χ1n) is 5.76. The molecule has 1 atom stereocenters. The molecule has 0 N–H and O–H groups in total.